The van der Waals surface area contributed by atoms with Gasteiger partial charge in [-0.2, -0.15) is 26.3 Å². The number of aromatic nitrogens is 1. The number of alkyl halides is 6. The monoisotopic (exact) mass is 652 g/mol. The van der Waals surface area contributed by atoms with Gasteiger partial charge >= 0.3 is 12.4 Å². The molecule has 2 aromatic rings. The molecule has 17 heteroatoms. The van der Waals surface area contributed by atoms with Crippen LogP contribution in [0.25, 0.3) is 10.4 Å². The number of thiazole rings is 1. The number of hydrogen-bond acceptors (Lipinski definition) is 6. The van der Waals surface area contributed by atoms with E-state index in [2.05, 4.69) is 4.98 Å². The van der Waals surface area contributed by atoms with Crippen molar-refractivity contribution in [2.45, 2.75) is 38.5 Å². The fraction of sp³-hybridized carbons (Fsp3) is 0.522. The van der Waals surface area contributed by atoms with E-state index in [1.165, 1.54) is 9.80 Å². The van der Waals surface area contributed by atoms with Gasteiger partial charge in [0.05, 0.1) is 14.9 Å². The molecule has 222 valence electrons. The number of carbonyl (C=O) groups excluding carboxylic acids is 2. The lowest BCUT2D eigenvalue weighted by Crippen LogP contribution is -2.51. The van der Waals surface area contributed by atoms with Crippen LogP contribution >= 0.6 is 34.5 Å². The highest BCUT2D eigenvalue weighted by molar-refractivity contribution is 7.92. The Balaban J connectivity index is 2.20. The van der Waals surface area contributed by atoms with Crippen molar-refractivity contribution in [2.24, 2.45) is 0 Å². The Morgan fingerprint density at radius 1 is 1.05 bits per heavy atom. The van der Waals surface area contributed by atoms with Crippen LogP contribution in [0.4, 0.5) is 26.3 Å². The van der Waals surface area contributed by atoms with Gasteiger partial charge in [-0.3, -0.25) is 14.4 Å². The third-order valence-electron chi connectivity index (χ3n) is 6.73. The number of benzene rings is 1. The standard InChI is InChI=1S/C23H24Cl2F6N4O3S2/c1-4-34(5-2)19(36)16-17(39-18(33-16)20(37)35-8-10-40(32,38)11-9-35)12-6-7-13(15(25)14(12)24)21(3,22(26,27)28)23(29,30)31/h6-7,32H,4-5,8-11H2,1-3H3. The molecule has 0 aliphatic carbocycles. The lowest BCUT2D eigenvalue weighted by Gasteiger charge is -2.35. The number of hydrogen-bond donors (Lipinski definition) is 1. The van der Waals surface area contributed by atoms with Gasteiger partial charge in [0.1, 0.15) is 5.69 Å². The lowest BCUT2D eigenvalue weighted by molar-refractivity contribution is -0.297. The minimum atomic E-state index is -5.77. The van der Waals surface area contributed by atoms with E-state index in [1.54, 1.807) is 13.8 Å². The smallest absolute Gasteiger partial charge is 0.338 e. The minimum absolute atomic E-state index is 0.00412. The summed E-state index contributed by atoms with van der Waals surface area (Å²) in [5.74, 6) is -1.39. The van der Waals surface area contributed by atoms with Gasteiger partial charge in [0, 0.05) is 53.0 Å². The second-order valence-electron chi connectivity index (χ2n) is 9.10. The summed E-state index contributed by atoms with van der Waals surface area (Å²) in [4.78, 5) is 33.3. The van der Waals surface area contributed by atoms with E-state index in [0.717, 1.165) is 6.07 Å². The van der Waals surface area contributed by atoms with Crippen LogP contribution < -0.4 is 0 Å². The molecule has 1 N–H and O–H groups in total. The molecular formula is C23H24Cl2F6N4O3S2. The number of nitrogens with one attached hydrogen (secondary N) is 1. The van der Waals surface area contributed by atoms with Gasteiger partial charge in [-0.05, 0) is 26.3 Å². The summed E-state index contributed by atoms with van der Waals surface area (Å²) in [5, 5.41) is -1.89. The highest BCUT2D eigenvalue weighted by Crippen LogP contribution is 2.55. The average molecular weight is 653 g/mol. The summed E-state index contributed by atoms with van der Waals surface area (Å²) in [6.45, 7) is 3.80. The largest absolute Gasteiger partial charge is 0.406 e. The normalized spacial score (nSPS) is 16.2. The lowest BCUT2D eigenvalue weighted by atomic mass is 9.80. The molecule has 1 aromatic carbocycles. The summed E-state index contributed by atoms with van der Waals surface area (Å²) in [7, 11) is -2.82. The topological polar surface area (TPSA) is 94.4 Å². The number of amides is 2. The Bertz CT molecular complexity index is 1390. The van der Waals surface area contributed by atoms with Crippen LogP contribution in [0.15, 0.2) is 12.1 Å². The molecule has 1 aliphatic heterocycles. The van der Waals surface area contributed by atoms with Crippen molar-refractivity contribution in [1.29, 1.82) is 4.78 Å². The first-order valence-electron chi connectivity index (χ1n) is 11.8. The molecule has 0 unspecified atom stereocenters. The Kier molecular flexibility index (Phi) is 9.15. The molecule has 0 saturated carbocycles. The van der Waals surface area contributed by atoms with Gasteiger partial charge in [0.25, 0.3) is 11.8 Å². The fourth-order valence-electron chi connectivity index (χ4n) is 4.04. The van der Waals surface area contributed by atoms with E-state index >= 15 is 0 Å². The summed E-state index contributed by atoms with van der Waals surface area (Å²) >= 11 is 13.0. The van der Waals surface area contributed by atoms with Crippen LogP contribution in [-0.4, -0.2) is 80.8 Å². The van der Waals surface area contributed by atoms with E-state index in [4.69, 9.17) is 28.0 Å². The molecule has 0 spiro atoms. The van der Waals surface area contributed by atoms with Crippen LogP contribution in [0.3, 0.4) is 0 Å². The Labute approximate surface area is 240 Å². The van der Waals surface area contributed by atoms with Crippen LogP contribution in [-0.2, 0) is 15.1 Å². The Morgan fingerprint density at radius 2 is 1.57 bits per heavy atom. The first kappa shape index (κ1) is 32.4. The quantitative estimate of drug-likeness (QED) is 0.361. The summed E-state index contributed by atoms with van der Waals surface area (Å²) in [5.41, 5.74) is -6.13. The van der Waals surface area contributed by atoms with E-state index in [-0.39, 0.29) is 65.8 Å². The Hall–Kier alpha value is -2.10. The van der Waals surface area contributed by atoms with E-state index in [9.17, 15) is 40.1 Å². The predicted octanol–water partition coefficient (Wildman–Crippen LogP) is 6.48. The number of rotatable bonds is 6. The van der Waals surface area contributed by atoms with Crippen molar-refractivity contribution >= 4 is 56.1 Å². The van der Waals surface area contributed by atoms with Gasteiger partial charge < -0.3 is 9.80 Å². The summed E-state index contributed by atoms with van der Waals surface area (Å²) < 4.78 is 102. The third-order valence-corrected chi connectivity index (χ3v) is 10.4. The molecule has 1 aliphatic rings. The highest BCUT2D eigenvalue weighted by atomic mass is 35.5. The first-order valence-corrected chi connectivity index (χ1v) is 15.2. The molecule has 2 heterocycles. The molecule has 1 saturated heterocycles. The van der Waals surface area contributed by atoms with E-state index < -0.39 is 54.9 Å². The molecular weight excluding hydrogens is 629 g/mol. The second-order valence-corrected chi connectivity index (χ2v) is 13.3. The van der Waals surface area contributed by atoms with Crippen LogP contribution in [0.2, 0.25) is 10.0 Å². The molecule has 0 radical (unpaired) electrons. The minimum Gasteiger partial charge on any atom is -0.338 e. The molecule has 40 heavy (non-hydrogen) atoms. The summed E-state index contributed by atoms with van der Waals surface area (Å²) in [6, 6.07) is 1.43. The number of halogens is 8. The van der Waals surface area contributed by atoms with Crippen LogP contribution in [0, 0.1) is 4.78 Å². The van der Waals surface area contributed by atoms with Crippen LogP contribution in [0.5, 0.6) is 0 Å². The zero-order valence-corrected chi connectivity index (χ0v) is 24.4. The van der Waals surface area contributed by atoms with Crippen molar-refractivity contribution < 1.29 is 40.1 Å². The maximum absolute atomic E-state index is 13.7. The van der Waals surface area contributed by atoms with Gasteiger partial charge in [-0.25, -0.2) is 9.19 Å². The van der Waals surface area contributed by atoms with Crippen molar-refractivity contribution in [3.05, 3.63) is 38.4 Å². The molecule has 0 atom stereocenters. The van der Waals surface area contributed by atoms with Gasteiger partial charge in [-0.15, -0.1) is 11.3 Å². The zero-order chi connectivity index (χ0) is 30.4. The second kappa shape index (κ2) is 11.3. The molecule has 3 rings (SSSR count). The molecule has 1 aromatic heterocycles. The van der Waals surface area contributed by atoms with Crippen molar-refractivity contribution in [1.82, 2.24) is 14.8 Å². The maximum Gasteiger partial charge on any atom is 0.406 e. The van der Waals surface area contributed by atoms with E-state index in [1.807, 2.05) is 0 Å². The molecule has 0 bridgehead atoms. The molecule has 7 nitrogen and oxygen atoms in total. The van der Waals surface area contributed by atoms with Gasteiger partial charge in [-0.1, -0.05) is 35.3 Å². The van der Waals surface area contributed by atoms with E-state index in [0.29, 0.717) is 17.4 Å². The summed E-state index contributed by atoms with van der Waals surface area (Å²) in [6.07, 6.45) is -11.5. The number of nitrogens with zero attached hydrogens (tertiary/aromatic N) is 3. The van der Waals surface area contributed by atoms with Crippen molar-refractivity contribution in [3.8, 4) is 10.4 Å². The van der Waals surface area contributed by atoms with Gasteiger partial charge in [0.15, 0.2) is 10.4 Å². The number of carbonyl (C=O) groups is 2. The third kappa shape index (κ3) is 5.79. The fourth-order valence-corrected chi connectivity index (χ4v) is 7.00. The van der Waals surface area contributed by atoms with Gasteiger partial charge in [0.2, 0.25) is 0 Å². The first-order chi connectivity index (χ1) is 18.3. The maximum atomic E-state index is 13.7. The molecule has 2 amide bonds. The van der Waals surface area contributed by atoms with Crippen molar-refractivity contribution in [3.63, 3.8) is 0 Å². The zero-order valence-electron chi connectivity index (χ0n) is 21.3. The SMILES string of the molecule is CCN(CC)C(=O)c1nc(C(=O)N2CCS(=N)(=O)CC2)sc1-c1ccc(C(C)(C(F)(F)F)C(F)(F)F)c(Cl)c1Cl. The van der Waals surface area contributed by atoms with Crippen molar-refractivity contribution in [2.75, 3.05) is 37.7 Å². The predicted molar refractivity (Wildman–Crippen MR) is 141 cm³/mol. The average Bonchev–Trinajstić information content (AvgIpc) is 3.29. The van der Waals surface area contributed by atoms with Crippen LogP contribution in [0.1, 0.15) is 46.6 Å². The molecule has 1 fully saturated rings. The Morgan fingerprint density at radius 3 is 2.05 bits per heavy atom. The highest BCUT2D eigenvalue weighted by Gasteiger charge is 2.69.